The maximum Gasteiger partial charge on any atom is 0.242 e. The van der Waals surface area contributed by atoms with E-state index in [-0.39, 0.29) is 0 Å². The second-order valence-corrected chi connectivity index (χ2v) is 9.69. The molecule has 0 heterocycles. The van der Waals surface area contributed by atoms with Gasteiger partial charge in [0, 0.05) is 0 Å². The summed E-state index contributed by atoms with van der Waals surface area (Å²) in [7, 11) is -1.52. The lowest BCUT2D eigenvalue weighted by atomic mass is 10.0. The molecule has 0 N–H and O–H groups in total. The lowest BCUT2D eigenvalue weighted by Gasteiger charge is -2.23. The van der Waals surface area contributed by atoms with Crippen LogP contribution in [0.5, 0.6) is 5.75 Å². The standard InChI is InChI=1S/C14H22OSi/c1-7-8-13-9-11(2)14(12(3)10-13)15-16(4,5)6/h7,9-10H,1,8H2,2-6H3. The molecule has 1 aromatic rings. The van der Waals surface area contributed by atoms with Gasteiger partial charge in [0.15, 0.2) is 0 Å². The van der Waals surface area contributed by atoms with Crippen molar-refractivity contribution in [1.29, 1.82) is 0 Å². The molecule has 88 valence electrons. The molecule has 16 heavy (non-hydrogen) atoms. The zero-order valence-electron chi connectivity index (χ0n) is 11.1. The number of allylic oxidation sites excluding steroid dienone is 1. The smallest absolute Gasteiger partial charge is 0.242 e. The minimum Gasteiger partial charge on any atom is -0.544 e. The van der Waals surface area contributed by atoms with Crippen molar-refractivity contribution in [1.82, 2.24) is 0 Å². The lowest BCUT2D eigenvalue weighted by Crippen LogP contribution is -2.30. The van der Waals surface area contributed by atoms with Crippen LogP contribution in [0.1, 0.15) is 16.7 Å². The van der Waals surface area contributed by atoms with Crippen LogP contribution in [-0.4, -0.2) is 8.32 Å². The highest BCUT2D eigenvalue weighted by Gasteiger charge is 2.18. The van der Waals surface area contributed by atoms with Crippen molar-refractivity contribution in [2.45, 2.75) is 39.9 Å². The molecule has 1 nitrogen and oxygen atoms in total. The molecule has 0 amide bonds. The van der Waals surface area contributed by atoms with Crippen molar-refractivity contribution in [3.05, 3.63) is 41.5 Å². The summed E-state index contributed by atoms with van der Waals surface area (Å²) in [5.41, 5.74) is 3.78. The minimum absolute atomic E-state index is 0.926. The molecular weight excluding hydrogens is 212 g/mol. The molecule has 0 aromatic heterocycles. The molecule has 0 atom stereocenters. The Morgan fingerprint density at radius 3 is 2.06 bits per heavy atom. The van der Waals surface area contributed by atoms with Crippen LogP contribution >= 0.6 is 0 Å². The molecule has 0 radical (unpaired) electrons. The van der Waals surface area contributed by atoms with Crippen molar-refractivity contribution < 1.29 is 4.43 Å². The van der Waals surface area contributed by atoms with Crippen LogP contribution in [0, 0.1) is 13.8 Å². The van der Waals surface area contributed by atoms with E-state index >= 15 is 0 Å². The van der Waals surface area contributed by atoms with Crippen molar-refractivity contribution in [2.75, 3.05) is 0 Å². The first-order valence-electron chi connectivity index (χ1n) is 5.73. The van der Waals surface area contributed by atoms with Gasteiger partial charge >= 0.3 is 0 Å². The Kier molecular flexibility index (Phi) is 3.97. The second kappa shape index (κ2) is 4.87. The molecule has 0 aliphatic carbocycles. The van der Waals surface area contributed by atoms with Crippen LogP contribution in [0.4, 0.5) is 0 Å². The van der Waals surface area contributed by atoms with Crippen LogP contribution in [-0.2, 0) is 6.42 Å². The molecule has 0 aliphatic heterocycles. The molecule has 0 spiro atoms. The Morgan fingerprint density at radius 1 is 1.19 bits per heavy atom. The molecule has 0 saturated heterocycles. The van der Waals surface area contributed by atoms with Crippen molar-refractivity contribution in [3.8, 4) is 5.75 Å². The van der Waals surface area contributed by atoms with Gasteiger partial charge in [0.25, 0.3) is 0 Å². The van der Waals surface area contributed by atoms with E-state index in [0.717, 1.165) is 12.2 Å². The van der Waals surface area contributed by atoms with Gasteiger partial charge in [-0.25, -0.2) is 0 Å². The third-order valence-corrected chi connectivity index (χ3v) is 3.12. The molecule has 0 saturated carbocycles. The monoisotopic (exact) mass is 234 g/mol. The highest BCUT2D eigenvalue weighted by Crippen LogP contribution is 2.27. The number of benzene rings is 1. The van der Waals surface area contributed by atoms with Gasteiger partial charge in [-0.15, -0.1) is 6.58 Å². The number of hydrogen-bond donors (Lipinski definition) is 0. The summed E-state index contributed by atoms with van der Waals surface area (Å²) < 4.78 is 6.11. The Balaban J connectivity index is 3.07. The molecule has 1 aromatic carbocycles. The van der Waals surface area contributed by atoms with E-state index < -0.39 is 8.32 Å². The van der Waals surface area contributed by atoms with E-state index in [2.05, 4.69) is 52.2 Å². The Morgan fingerprint density at radius 2 is 1.69 bits per heavy atom. The third-order valence-electron chi connectivity index (χ3n) is 2.31. The predicted molar refractivity (Wildman–Crippen MR) is 73.8 cm³/mol. The van der Waals surface area contributed by atoms with Crippen molar-refractivity contribution in [2.24, 2.45) is 0 Å². The predicted octanol–water partition coefficient (Wildman–Crippen LogP) is 4.25. The first kappa shape index (κ1) is 13.0. The normalized spacial score (nSPS) is 11.3. The molecule has 2 heteroatoms. The van der Waals surface area contributed by atoms with Gasteiger partial charge in [0.1, 0.15) is 5.75 Å². The second-order valence-electron chi connectivity index (χ2n) is 5.27. The van der Waals surface area contributed by atoms with E-state index in [4.69, 9.17) is 4.43 Å². The van der Waals surface area contributed by atoms with Crippen molar-refractivity contribution >= 4 is 8.32 Å². The topological polar surface area (TPSA) is 9.23 Å². The van der Waals surface area contributed by atoms with Crippen LogP contribution in [0.2, 0.25) is 19.6 Å². The van der Waals surface area contributed by atoms with Crippen LogP contribution in [0.15, 0.2) is 24.8 Å². The molecule has 0 unspecified atom stereocenters. The lowest BCUT2D eigenvalue weighted by molar-refractivity contribution is 0.548. The Hall–Kier alpha value is -1.02. The van der Waals surface area contributed by atoms with Gasteiger partial charge in [0.2, 0.25) is 8.32 Å². The summed E-state index contributed by atoms with van der Waals surface area (Å²) in [6.45, 7) is 14.6. The van der Waals surface area contributed by atoms with E-state index in [1.165, 1.54) is 16.7 Å². The fourth-order valence-corrected chi connectivity index (χ4v) is 2.73. The Bertz CT molecular complexity index is 365. The van der Waals surface area contributed by atoms with E-state index in [0.29, 0.717) is 0 Å². The highest BCUT2D eigenvalue weighted by molar-refractivity contribution is 6.70. The van der Waals surface area contributed by atoms with E-state index in [1.807, 2.05) is 6.08 Å². The van der Waals surface area contributed by atoms with Gasteiger partial charge in [-0.05, 0) is 56.6 Å². The fourth-order valence-electron chi connectivity index (χ4n) is 1.79. The van der Waals surface area contributed by atoms with Crippen LogP contribution in [0.3, 0.4) is 0 Å². The number of hydrogen-bond acceptors (Lipinski definition) is 1. The van der Waals surface area contributed by atoms with Crippen LogP contribution in [0.25, 0.3) is 0 Å². The SMILES string of the molecule is C=CCc1cc(C)c(O[Si](C)(C)C)c(C)c1. The van der Waals surface area contributed by atoms with Gasteiger partial charge in [0.05, 0.1) is 0 Å². The molecule has 0 fully saturated rings. The molecular formula is C14H22OSi. The largest absolute Gasteiger partial charge is 0.544 e. The minimum atomic E-state index is -1.52. The first-order chi connectivity index (χ1) is 7.33. The molecule has 0 bridgehead atoms. The zero-order valence-corrected chi connectivity index (χ0v) is 12.1. The summed E-state index contributed by atoms with van der Waals surface area (Å²) >= 11 is 0. The van der Waals surface area contributed by atoms with Crippen LogP contribution < -0.4 is 4.43 Å². The van der Waals surface area contributed by atoms with Gasteiger partial charge in [-0.1, -0.05) is 18.2 Å². The zero-order chi connectivity index (χ0) is 12.3. The Labute approximate surface area is 100 Å². The maximum absolute atomic E-state index is 6.11. The summed E-state index contributed by atoms with van der Waals surface area (Å²) in [4.78, 5) is 0. The highest BCUT2D eigenvalue weighted by atomic mass is 28.4. The summed E-state index contributed by atoms with van der Waals surface area (Å²) in [5.74, 6) is 1.08. The van der Waals surface area contributed by atoms with Crippen molar-refractivity contribution in [3.63, 3.8) is 0 Å². The van der Waals surface area contributed by atoms with Gasteiger partial charge < -0.3 is 4.43 Å². The van der Waals surface area contributed by atoms with Gasteiger partial charge in [-0.2, -0.15) is 0 Å². The summed E-state index contributed by atoms with van der Waals surface area (Å²) in [6.07, 6.45) is 2.86. The number of rotatable bonds is 4. The fraction of sp³-hybridized carbons (Fsp3) is 0.429. The van der Waals surface area contributed by atoms with E-state index in [1.54, 1.807) is 0 Å². The maximum atomic E-state index is 6.11. The van der Waals surface area contributed by atoms with Gasteiger partial charge in [-0.3, -0.25) is 0 Å². The average molecular weight is 234 g/mol. The van der Waals surface area contributed by atoms with E-state index in [9.17, 15) is 0 Å². The quantitative estimate of drug-likeness (QED) is 0.559. The average Bonchev–Trinajstić information content (AvgIpc) is 2.10. The third kappa shape index (κ3) is 3.53. The summed E-state index contributed by atoms with van der Waals surface area (Å²) in [5, 5.41) is 0. The summed E-state index contributed by atoms with van der Waals surface area (Å²) in [6, 6.07) is 4.40. The molecule has 0 aliphatic rings. The number of aryl methyl sites for hydroxylation is 2. The first-order valence-corrected chi connectivity index (χ1v) is 9.14. The molecule has 1 rings (SSSR count).